The molecular weight excluding hydrogens is 368 g/mol. The van der Waals surface area contributed by atoms with Crippen molar-refractivity contribution in [3.63, 3.8) is 0 Å². The van der Waals surface area contributed by atoms with Gasteiger partial charge in [0.05, 0.1) is 12.2 Å². The van der Waals surface area contributed by atoms with E-state index in [1.165, 1.54) is 6.20 Å². The highest BCUT2D eigenvalue weighted by molar-refractivity contribution is 6.30. The second-order valence-corrected chi connectivity index (χ2v) is 7.85. The number of halogens is 1. The number of hydrogen-bond acceptors (Lipinski definition) is 4. The Hall–Kier alpha value is -2.41. The summed E-state index contributed by atoms with van der Waals surface area (Å²) in [7, 11) is 0. The van der Waals surface area contributed by atoms with E-state index in [0.29, 0.717) is 28.3 Å². The second kappa shape index (κ2) is 6.96. The quantitative estimate of drug-likeness (QED) is 0.792. The SMILES string of the molecule is CCC(NC(=O)c1ccc(Cl)cc1)[C@H]1[C@@H]2C[C@@H](n3cc(C(=O)O)nn3)C[C@@H]21. The molecule has 142 valence electrons. The van der Waals surface area contributed by atoms with Crippen LogP contribution in [0, 0.1) is 17.8 Å². The highest BCUT2D eigenvalue weighted by Crippen LogP contribution is 2.62. The van der Waals surface area contributed by atoms with Crippen molar-refractivity contribution >= 4 is 23.5 Å². The van der Waals surface area contributed by atoms with E-state index in [4.69, 9.17) is 16.7 Å². The minimum atomic E-state index is -1.06. The maximum absolute atomic E-state index is 12.5. The zero-order valence-corrected chi connectivity index (χ0v) is 15.6. The van der Waals surface area contributed by atoms with Crippen LogP contribution in [-0.2, 0) is 0 Å². The largest absolute Gasteiger partial charge is 0.476 e. The van der Waals surface area contributed by atoms with Crippen molar-refractivity contribution in [1.29, 1.82) is 0 Å². The summed E-state index contributed by atoms with van der Waals surface area (Å²) in [5.41, 5.74) is 0.596. The lowest BCUT2D eigenvalue weighted by Gasteiger charge is -2.21. The lowest BCUT2D eigenvalue weighted by molar-refractivity contribution is 0.0690. The average molecular weight is 389 g/mol. The molecule has 1 aromatic heterocycles. The van der Waals surface area contributed by atoms with Crippen LogP contribution < -0.4 is 5.32 Å². The normalized spacial score (nSPS) is 27.0. The highest BCUT2D eigenvalue weighted by Gasteiger charge is 2.59. The van der Waals surface area contributed by atoms with Gasteiger partial charge in [-0.3, -0.25) is 4.79 Å². The summed E-state index contributed by atoms with van der Waals surface area (Å²) in [6, 6.07) is 7.25. The number of fused-ring (bicyclic) bond motifs is 1. The van der Waals surface area contributed by atoms with E-state index in [1.807, 2.05) is 0 Å². The predicted octanol–water partition coefficient (Wildman–Crippen LogP) is 3.04. The molecule has 0 spiro atoms. The molecule has 8 heteroatoms. The Labute approximate surface area is 161 Å². The van der Waals surface area contributed by atoms with Gasteiger partial charge in [0.15, 0.2) is 5.69 Å². The van der Waals surface area contributed by atoms with Gasteiger partial charge in [-0.15, -0.1) is 5.10 Å². The van der Waals surface area contributed by atoms with E-state index in [-0.39, 0.29) is 23.7 Å². The molecule has 0 radical (unpaired) electrons. The Kier molecular flexibility index (Phi) is 4.63. The van der Waals surface area contributed by atoms with E-state index in [9.17, 15) is 9.59 Å². The number of amides is 1. The second-order valence-electron chi connectivity index (χ2n) is 7.41. The van der Waals surface area contributed by atoms with Crippen molar-refractivity contribution < 1.29 is 14.7 Å². The summed E-state index contributed by atoms with van der Waals surface area (Å²) in [5, 5.41) is 20.4. The number of carbonyl (C=O) groups excluding carboxylic acids is 1. The molecule has 0 bridgehead atoms. The molecule has 2 aliphatic carbocycles. The van der Waals surface area contributed by atoms with Crippen molar-refractivity contribution in [2.24, 2.45) is 17.8 Å². The van der Waals surface area contributed by atoms with Crippen LogP contribution in [0.15, 0.2) is 30.5 Å². The van der Waals surface area contributed by atoms with Crippen LogP contribution in [0.5, 0.6) is 0 Å². The standard InChI is InChI=1S/C19H21ClN4O3/c1-2-15(21-18(25)10-3-5-11(20)6-4-10)17-13-7-12(8-14(13)17)24-9-16(19(26)27)22-23-24/h3-6,9,12-15,17H,2,7-8H2,1H3,(H,21,25)(H,26,27)/t12-,13-,14+,15?,17+. The van der Waals surface area contributed by atoms with Crippen LogP contribution in [0.2, 0.25) is 5.02 Å². The number of nitrogens with zero attached hydrogens (tertiary/aromatic N) is 3. The van der Waals surface area contributed by atoms with Gasteiger partial charge in [0.1, 0.15) is 0 Å². The first-order chi connectivity index (χ1) is 13.0. The molecular formula is C19H21ClN4O3. The number of carbonyl (C=O) groups is 2. The van der Waals surface area contributed by atoms with Crippen molar-refractivity contribution in [1.82, 2.24) is 20.3 Å². The third-order valence-corrected chi connectivity index (χ3v) is 6.17. The molecule has 1 heterocycles. The number of hydrogen-bond donors (Lipinski definition) is 2. The van der Waals surface area contributed by atoms with Crippen LogP contribution in [0.1, 0.15) is 53.1 Å². The van der Waals surface area contributed by atoms with Crippen LogP contribution in [0.25, 0.3) is 0 Å². The number of aromatic nitrogens is 3. The summed E-state index contributed by atoms with van der Waals surface area (Å²) >= 11 is 5.88. The summed E-state index contributed by atoms with van der Waals surface area (Å²) < 4.78 is 1.68. The fourth-order valence-electron chi connectivity index (χ4n) is 4.55. The molecule has 5 atom stereocenters. The Morgan fingerprint density at radius 1 is 1.30 bits per heavy atom. The van der Waals surface area contributed by atoms with E-state index >= 15 is 0 Å². The van der Waals surface area contributed by atoms with Crippen LogP contribution in [0.4, 0.5) is 0 Å². The first-order valence-electron chi connectivity index (χ1n) is 9.19. The summed E-state index contributed by atoms with van der Waals surface area (Å²) in [5.74, 6) is 0.441. The molecule has 1 unspecified atom stereocenters. The number of nitrogens with one attached hydrogen (secondary N) is 1. The maximum Gasteiger partial charge on any atom is 0.358 e. The molecule has 2 saturated carbocycles. The Balaban J connectivity index is 1.36. The van der Waals surface area contributed by atoms with Crippen molar-refractivity contribution in [2.75, 3.05) is 0 Å². The van der Waals surface area contributed by atoms with Gasteiger partial charge in [-0.1, -0.05) is 23.7 Å². The first kappa shape index (κ1) is 18.0. The number of carboxylic acid groups (broad SMARTS) is 1. The zero-order valence-electron chi connectivity index (χ0n) is 14.9. The minimum absolute atomic E-state index is 0.0196. The molecule has 2 aliphatic rings. The van der Waals surface area contributed by atoms with Gasteiger partial charge in [-0.2, -0.15) is 0 Å². The molecule has 27 heavy (non-hydrogen) atoms. The number of benzene rings is 1. The summed E-state index contributed by atoms with van der Waals surface area (Å²) in [4.78, 5) is 23.5. The maximum atomic E-state index is 12.5. The molecule has 4 rings (SSSR count). The third-order valence-electron chi connectivity index (χ3n) is 5.92. The molecule has 7 nitrogen and oxygen atoms in total. The van der Waals surface area contributed by atoms with Gasteiger partial charge >= 0.3 is 5.97 Å². The van der Waals surface area contributed by atoms with Gasteiger partial charge in [-0.25, -0.2) is 9.48 Å². The molecule has 2 fully saturated rings. The number of rotatable bonds is 6. The topological polar surface area (TPSA) is 97.1 Å². The fourth-order valence-corrected chi connectivity index (χ4v) is 4.68. The minimum Gasteiger partial charge on any atom is -0.476 e. The average Bonchev–Trinajstić information content (AvgIpc) is 3.05. The Bertz CT molecular complexity index is 854. The van der Waals surface area contributed by atoms with Crippen molar-refractivity contribution in [3.8, 4) is 0 Å². The van der Waals surface area contributed by atoms with E-state index in [2.05, 4.69) is 22.6 Å². The van der Waals surface area contributed by atoms with Crippen LogP contribution >= 0.6 is 11.6 Å². The lowest BCUT2D eigenvalue weighted by Crippen LogP contribution is -2.37. The van der Waals surface area contributed by atoms with Gasteiger partial charge in [-0.05, 0) is 61.3 Å². The number of carboxylic acids is 1. The molecule has 0 saturated heterocycles. The number of aromatic carboxylic acids is 1. The molecule has 1 amide bonds. The van der Waals surface area contributed by atoms with Crippen molar-refractivity contribution in [3.05, 3.63) is 46.7 Å². The van der Waals surface area contributed by atoms with Gasteiger partial charge < -0.3 is 10.4 Å². The van der Waals surface area contributed by atoms with E-state index in [1.54, 1.807) is 28.9 Å². The van der Waals surface area contributed by atoms with E-state index < -0.39 is 5.97 Å². The van der Waals surface area contributed by atoms with Crippen LogP contribution in [0.3, 0.4) is 0 Å². The Morgan fingerprint density at radius 2 is 1.96 bits per heavy atom. The van der Waals surface area contributed by atoms with Gasteiger partial charge in [0.25, 0.3) is 5.91 Å². The first-order valence-corrected chi connectivity index (χ1v) is 9.57. The molecule has 0 aliphatic heterocycles. The fraction of sp³-hybridized carbons (Fsp3) is 0.474. The van der Waals surface area contributed by atoms with Gasteiger partial charge in [0, 0.05) is 16.6 Å². The lowest BCUT2D eigenvalue weighted by atomic mass is 9.99. The van der Waals surface area contributed by atoms with Crippen LogP contribution in [-0.4, -0.2) is 38.0 Å². The molecule has 2 aromatic rings. The monoisotopic (exact) mass is 388 g/mol. The Morgan fingerprint density at radius 3 is 2.52 bits per heavy atom. The molecule has 1 aromatic carbocycles. The van der Waals surface area contributed by atoms with Gasteiger partial charge in [0.2, 0.25) is 0 Å². The zero-order chi connectivity index (χ0) is 19.1. The predicted molar refractivity (Wildman–Crippen MR) is 98.7 cm³/mol. The van der Waals surface area contributed by atoms with Crippen molar-refractivity contribution in [2.45, 2.75) is 38.3 Å². The summed E-state index contributed by atoms with van der Waals surface area (Å²) in [6.45, 7) is 2.09. The smallest absolute Gasteiger partial charge is 0.358 e. The highest BCUT2D eigenvalue weighted by atomic mass is 35.5. The third kappa shape index (κ3) is 3.43. The summed E-state index contributed by atoms with van der Waals surface area (Å²) in [6.07, 6.45) is 4.29. The molecule has 2 N–H and O–H groups in total. The van der Waals surface area contributed by atoms with E-state index in [0.717, 1.165) is 19.3 Å².